The first-order valence-electron chi connectivity index (χ1n) is 10.5. The van der Waals surface area contributed by atoms with Gasteiger partial charge in [0, 0.05) is 42.4 Å². The van der Waals surface area contributed by atoms with Gasteiger partial charge in [-0.3, -0.25) is 4.72 Å². The third-order valence-electron chi connectivity index (χ3n) is 5.33. The van der Waals surface area contributed by atoms with Crippen LogP contribution in [0, 0.1) is 5.92 Å². The Labute approximate surface area is 188 Å². The summed E-state index contributed by atoms with van der Waals surface area (Å²) in [4.78, 5) is 0.0576. The molecule has 0 aliphatic carbocycles. The van der Waals surface area contributed by atoms with Crippen molar-refractivity contribution in [2.24, 2.45) is 5.92 Å². The molecule has 0 amide bonds. The Morgan fingerprint density at radius 2 is 1.59 bits per heavy atom. The number of hydrogen-bond donors (Lipinski definition) is 1. The standard InChI is InChI=1S/C22H27N3O5S2/c1-17(2)16-24-10-9-18-15-19(3-8-22(18)24)23-31(26,27)20-4-6-21(7-5-20)32(28,29)25-11-13-30-14-12-25/h3-10,15,17,23H,11-14,16H2,1-2H3. The highest BCUT2D eigenvalue weighted by molar-refractivity contribution is 7.92. The molecule has 0 atom stereocenters. The molecule has 0 spiro atoms. The summed E-state index contributed by atoms with van der Waals surface area (Å²) in [6.07, 6.45) is 2.00. The highest BCUT2D eigenvalue weighted by Gasteiger charge is 2.27. The molecule has 1 aliphatic rings. The molecule has 172 valence electrons. The third-order valence-corrected chi connectivity index (χ3v) is 8.64. The second-order valence-electron chi connectivity index (χ2n) is 8.23. The lowest BCUT2D eigenvalue weighted by atomic mass is 10.2. The minimum absolute atomic E-state index is 0.00379. The van der Waals surface area contributed by atoms with Gasteiger partial charge in [0.2, 0.25) is 10.0 Å². The van der Waals surface area contributed by atoms with E-state index in [-0.39, 0.29) is 22.9 Å². The number of sulfonamides is 2. The Kier molecular flexibility index (Phi) is 6.30. The van der Waals surface area contributed by atoms with Gasteiger partial charge in [0.05, 0.1) is 23.0 Å². The molecule has 0 radical (unpaired) electrons. The van der Waals surface area contributed by atoms with Crippen LogP contribution in [0.2, 0.25) is 0 Å². The summed E-state index contributed by atoms with van der Waals surface area (Å²) < 4.78 is 62.5. The van der Waals surface area contributed by atoms with Gasteiger partial charge in [-0.1, -0.05) is 13.8 Å². The summed E-state index contributed by atoms with van der Waals surface area (Å²) in [7, 11) is -7.54. The predicted molar refractivity (Wildman–Crippen MR) is 124 cm³/mol. The smallest absolute Gasteiger partial charge is 0.261 e. The number of ether oxygens (including phenoxy) is 1. The number of nitrogens with zero attached hydrogens (tertiary/aromatic N) is 2. The maximum absolute atomic E-state index is 12.9. The molecule has 0 bridgehead atoms. The highest BCUT2D eigenvalue weighted by Crippen LogP contribution is 2.25. The van der Waals surface area contributed by atoms with Crippen LogP contribution in [-0.2, 0) is 31.3 Å². The van der Waals surface area contributed by atoms with Crippen LogP contribution >= 0.6 is 0 Å². The Bertz CT molecular complexity index is 1310. The molecule has 1 saturated heterocycles. The third kappa shape index (κ3) is 4.68. The Morgan fingerprint density at radius 3 is 2.25 bits per heavy atom. The monoisotopic (exact) mass is 477 g/mol. The van der Waals surface area contributed by atoms with Crippen LogP contribution in [0.3, 0.4) is 0 Å². The lowest BCUT2D eigenvalue weighted by Crippen LogP contribution is -2.40. The van der Waals surface area contributed by atoms with E-state index in [0.29, 0.717) is 24.8 Å². The molecule has 0 unspecified atom stereocenters. The van der Waals surface area contributed by atoms with Crippen LogP contribution in [0.4, 0.5) is 5.69 Å². The molecule has 1 aromatic heterocycles. The van der Waals surface area contributed by atoms with Gasteiger partial charge in [-0.05, 0) is 54.4 Å². The van der Waals surface area contributed by atoms with Gasteiger partial charge in [-0.15, -0.1) is 0 Å². The summed E-state index contributed by atoms with van der Waals surface area (Å²) in [5, 5.41) is 0.942. The van der Waals surface area contributed by atoms with E-state index in [1.807, 2.05) is 18.3 Å². The molecule has 3 aromatic rings. The summed E-state index contributed by atoms with van der Waals surface area (Å²) in [5.74, 6) is 0.499. The molecule has 10 heteroatoms. The minimum Gasteiger partial charge on any atom is -0.379 e. The van der Waals surface area contributed by atoms with Crippen molar-refractivity contribution in [3.05, 3.63) is 54.7 Å². The fourth-order valence-corrected chi connectivity index (χ4v) is 6.21. The second-order valence-corrected chi connectivity index (χ2v) is 11.8. The summed E-state index contributed by atoms with van der Waals surface area (Å²) >= 11 is 0. The zero-order valence-corrected chi connectivity index (χ0v) is 19.7. The minimum atomic E-state index is -3.87. The number of benzene rings is 2. The number of nitrogens with one attached hydrogen (secondary N) is 1. The van der Waals surface area contributed by atoms with Gasteiger partial charge in [-0.25, -0.2) is 16.8 Å². The van der Waals surface area contributed by atoms with Gasteiger partial charge in [-0.2, -0.15) is 4.31 Å². The fourth-order valence-electron chi connectivity index (χ4n) is 3.76. The summed E-state index contributed by atoms with van der Waals surface area (Å²) in [5.41, 5.74) is 1.49. The first kappa shape index (κ1) is 22.8. The molecule has 4 rings (SSSR count). The fraction of sp³-hybridized carbons (Fsp3) is 0.364. The van der Waals surface area contributed by atoms with Gasteiger partial charge in [0.1, 0.15) is 0 Å². The van der Waals surface area contributed by atoms with Crippen molar-refractivity contribution in [3.63, 3.8) is 0 Å². The van der Waals surface area contributed by atoms with Crippen LogP contribution in [0.1, 0.15) is 13.8 Å². The van der Waals surface area contributed by atoms with E-state index in [1.165, 1.54) is 28.6 Å². The quantitative estimate of drug-likeness (QED) is 0.564. The SMILES string of the molecule is CC(C)Cn1ccc2cc(NS(=O)(=O)c3ccc(S(=O)(=O)N4CCOCC4)cc3)ccc21. The van der Waals surface area contributed by atoms with E-state index >= 15 is 0 Å². The Hall–Kier alpha value is -2.40. The van der Waals surface area contributed by atoms with Crippen molar-refractivity contribution in [1.82, 2.24) is 8.87 Å². The van der Waals surface area contributed by atoms with E-state index in [1.54, 1.807) is 12.1 Å². The number of aromatic nitrogens is 1. The maximum Gasteiger partial charge on any atom is 0.261 e. The highest BCUT2D eigenvalue weighted by atomic mass is 32.2. The zero-order chi connectivity index (χ0) is 22.9. The topological polar surface area (TPSA) is 97.7 Å². The molecule has 1 N–H and O–H groups in total. The van der Waals surface area contributed by atoms with Gasteiger partial charge < -0.3 is 9.30 Å². The van der Waals surface area contributed by atoms with Crippen LogP contribution in [0.15, 0.2) is 64.5 Å². The lowest BCUT2D eigenvalue weighted by molar-refractivity contribution is 0.0730. The average Bonchev–Trinajstić information content (AvgIpc) is 3.15. The predicted octanol–water partition coefficient (Wildman–Crippen LogP) is 3.12. The van der Waals surface area contributed by atoms with Gasteiger partial charge in [0.15, 0.2) is 0 Å². The van der Waals surface area contributed by atoms with Crippen LogP contribution in [-0.4, -0.2) is 52.0 Å². The number of morpholine rings is 1. The largest absolute Gasteiger partial charge is 0.379 e. The molecular formula is C22H27N3O5S2. The van der Waals surface area contributed by atoms with Crippen molar-refractivity contribution in [2.75, 3.05) is 31.0 Å². The molecule has 32 heavy (non-hydrogen) atoms. The first-order chi connectivity index (χ1) is 15.2. The van der Waals surface area contributed by atoms with Crippen molar-refractivity contribution in [1.29, 1.82) is 0 Å². The van der Waals surface area contributed by atoms with Gasteiger partial charge in [0.25, 0.3) is 10.0 Å². The molecule has 8 nitrogen and oxygen atoms in total. The van der Waals surface area contributed by atoms with Crippen LogP contribution in [0.25, 0.3) is 10.9 Å². The van der Waals surface area contributed by atoms with Crippen molar-refractivity contribution >= 4 is 36.6 Å². The molecule has 1 aliphatic heterocycles. The Balaban J connectivity index is 1.53. The van der Waals surface area contributed by atoms with Crippen molar-refractivity contribution < 1.29 is 21.6 Å². The molecule has 2 heterocycles. The van der Waals surface area contributed by atoms with E-state index in [2.05, 4.69) is 23.1 Å². The van der Waals surface area contributed by atoms with Crippen LogP contribution < -0.4 is 4.72 Å². The number of rotatable bonds is 7. The van der Waals surface area contributed by atoms with E-state index in [0.717, 1.165) is 17.4 Å². The zero-order valence-electron chi connectivity index (χ0n) is 18.1. The van der Waals surface area contributed by atoms with Crippen molar-refractivity contribution in [3.8, 4) is 0 Å². The van der Waals surface area contributed by atoms with Crippen LogP contribution in [0.5, 0.6) is 0 Å². The molecule has 0 saturated carbocycles. The Morgan fingerprint density at radius 1 is 0.938 bits per heavy atom. The first-order valence-corrected chi connectivity index (χ1v) is 13.4. The molecule has 1 fully saturated rings. The second kappa shape index (κ2) is 8.86. The molecular weight excluding hydrogens is 450 g/mol. The molecule has 2 aromatic carbocycles. The number of anilines is 1. The number of hydrogen-bond acceptors (Lipinski definition) is 5. The average molecular weight is 478 g/mol. The van der Waals surface area contributed by atoms with E-state index in [4.69, 9.17) is 4.74 Å². The lowest BCUT2D eigenvalue weighted by Gasteiger charge is -2.26. The summed E-state index contributed by atoms with van der Waals surface area (Å²) in [6.45, 7) is 6.43. The number of fused-ring (bicyclic) bond motifs is 1. The van der Waals surface area contributed by atoms with E-state index < -0.39 is 20.0 Å². The maximum atomic E-state index is 12.9. The van der Waals surface area contributed by atoms with Crippen molar-refractivity contribution in [2.45, 2.75) is 30.2 Å². The van der Waals surface area contributed by atoms with Gasteiger partial charge >= 0.3 is 0 Å². The van der Waals surface area contributed by atoms with E-state index in [9.17, 15) is 16.8 Å². The normalized spacial score (nSPS) is 16.0. The summed E-state index contributed by atoms with van der Waals surface area (Å²) in [6, 6.07) is 12.7.